The molecule has 1 rings (SSSR count). The van der Waals surface area contributed by atoms with Crippen LogP contribution in [0.15, 0.2) is 22.7 Å². The Bertz CT molecular complexity index is 480. The van der Waals surface area contributed by atoms with Crippen LogP contribution in [0.4, 0.5) is 4.39 Å². The first kappa shape index (κ1) is 15.6. The van der Waals surface area contributed by atoms with Gasteiger partial charge in [-0.25, -0.2) is 4.39 Å². The lowest BCUT2D eigenvalue weighted by atomic mass is 10.2. The Morgan fingerprint density at radius 3 is 2.63 bits per heavy atom. The van der Waals surface area contributed by atoms with E-state index in [4.69, 9.17) is 0 Å². The fraction of sp³-hybridized carbons (Fsp3) is 0.385. The van der Waals surface area contributed by atoms with E-state index >= 15 is 0 Å². The first-order valence-electron chi connectivity index (χ1n) is 6.01. The molecule has 0 spiro atoms. The summed E-state index contributed by atoms with van der Waals surface area (Å²) in [6, 6.07) is 4.25. The highest BCUT2D eigenvalue weighted by Gasteiger charge is 2.20. The molecule has 0 aliphatic heterocycles. The number of amides is 2. The molecule has 104 valence electrons. The third kappa shape index (κ3) is 4.02. The van der Waals surface area contributed by atoms with Crippen LogP contribution in [0.5, 0.6) is 0 Å². The molecule has 0 aromatic heterocycles. The molecule has 0 fully saturated rings. The SMILES string of the molecule is CCNC(=O)CN(CC)C(=O)c1cccc(F)c1Br. The molecule has 0 unspecified atom stereocenters. The van der Waals surface area contributed by atoms with Gasteiger partial charge < -0.3 is 10.2 Å². The molecule has 0 bridgehead atoms. The molecule has 1 aromatic rings. The Morgan fingerprint density at radius 1 is 1.37 bits per heavy atom. The first-order valence-corrected chi connectivity index (χ1v) is 6.80. The summed E-state index contributed by atoms with van der Waals surface area (Å²) < 4.78 is 13.5. The Hall–Kier alpha value is -1.43. The maximum atomic E-state index is 13.4. The second-order valence-electron chi connectivity index (χ2n) is 3.87. The Kier molecular flexibility index (Phi) is 5.95. The zero-order valence-corrected chi connectivity index (χ0v) is 12.5. The molecule has 6 heteroatoms. The fourth-order valence-electron chi connectivity index (χ4n) is 1.59. The maximum Gasteiger partial charge on any atom is 0.255 e. The second-order valence-corrected chi connectivity index (χ2v) is 4.67. The lowest BCUT2D eigenvalue weighted by Gasteiger charge is -2.20. The van der Waals surface area contributed by atoms with E-state index in [9.17, 15) is 14.0 Å². The van der Waals surface area contributed by atoms with Crippen molar-refractivity contribution in [1.29, 1.82) is 0 Å². The highest BCUT2D eigenvalue weighted by Crippen LogP contribution is 2.21. The van der Waals surface area contributed by atoms with Crippen molar-refractivity contribution in [3.05, 3.63) is 34.1 Å². The minimum Gasteiger partial charge on any atom is -0.355 e. The van der Waals surface area contributed by atoms with E-state index in [-0.39, 0.29) is 28.4 Å². The minimum atomic E-state index is -0.500. The molecule has 0 heterocycles. The van der Waals surface area contributed by atoms with Gasteiger partial charge in [-0.2, -0.15) is 0 Å². The van der Waals surface area contributed by atoms with E-state index in [1.54, 1.807) is 13.8 Å². The van der Waals surface area contributed by atoms with Crippen LogP contribution in [-0.2, 0) is 4.79 Å². The average molecular weight is 331 g/mol. The number of benzene rings is 1. The summed E-state index contributed by atoms with van der Waals surface area (Å²) >= 11 is 3.05. The predicted octanol–water partition coefficient (Wildman–Crippen LogP) is 2.19. The van der Waals surface area contributed by atoms with Crippen LogP contribution >= 0.6 is 15.9 Å². The molecule has 0 saturated carbocycles. The molecule has 0 saturated heterocycles. The van der Waals surface area contributed by atoms with E-state index in [0.717, 1.165) is 0 Å². The van der Waals surface area contributed by atoms with Gasteiger partial charge >= 0.3 is 0 Å². The summed E-state index contributed by atoms with van der Waals surface area (Å²) in [6.45, 7) is 4.42. The monoisotopic (exact) mass is 330 g/mol. The van der Waals surface area contributed by atoms with Gasteiger partial charge in [0.25, 0.3) is 5.91 Å². The van der Waals surface area contributed by atoms with Crippen molar-refractivity contribution in [3.63, 3.8) is 0 Å². The van der Waals surface area contributed by atoms with Gasteiger partial charge in [-0.05, 0) is 41.9 Å². The molecule has 0 radical (unpaired) electrons. The van der Waals surface area contributed by atoms with Crippen LogP contribution in [-0.4, -0.2) is 36.3 Å². The third-order valence-corrected chi connectivity index (χ3v) is 3.37. The number of hydrogen-bond acceptors (Lipinski definition) is 2. The number of halogens is 2. The number of carbonyl (C=O) groups is 2. The number of likely N-dealkylation sites (N-methyl/N-ethyl adjacent to an activating group) is 2. The predicted molar refractivity (Wildman–Crippen MR) is 74.4 cm³/mol. The van der Waals surface area contributed by atoms with E-state index in [0.29, 0.717) is 13.1 Å². The summed E-state index contributed by atoms with van der Waals surface area (Å²) in [6.07, 6.45) is 0. The van der Waals surface area contributed by atoms with Gasteiger partial charge in [0.15, 0.2) is 0 Å². The average Bonchev–Trinajstić information content (AvgIpc) is 2.39. The van der Waals surface area contributed by atoms with Crippen molar-refractivity contribution in [2.45, 2.75) is 13.8 Å². The molecule has 19 heavy (non-hydrogen) atoms. The van der Waals surface area contributed by atoms with Gasteiger partial charge in [-0.15, -0.1) is 0 Å². The quantitative estimate of drug-likeness (QED) is 0.899. The summed E-state index contributed by atoms with van der Waals surface area (Å²) in [5, 5.41) is 2.62. The van der Waals surface area contributed by atoms with Crippen LogP contribution < -0.4 is 5.32 Å². The summed E-state index contributed by atoms with van der Waals surface area (Å²) in [7, 11) is 0. The number of nitrogens with zero attached hydrogens (tertiary/aromatic N) is 1. The van der Waals surface area contributed by atoms with Crippen molar-refractivity contribution in [2.24, 2.45) is 0 Å². The zero-order valence-electron chi connectivity index (χ0n) is 10.9. The van der Waals surface area contributed by atoms with Gasteiger partial charge in [0.05, 0.1) is 16.6 Å². The fourth-order valence-corrected chi connectivity index (χ4v) is 2.03. The molecule has 2 amide bonds. The first-order chi connectivity index (χ1) is 9.01. The molecule has 0 aliphatic rings. The normalized spacial score (nSPS) is 10.1. The minimum absolute atomic E-state index is 0.0356. The van der Waals surface area contributed by atoms with Crippen LogP contribution in [0.2, 0.25) is 0 Å². The highest BCUT2D eigenvalue weighted by molar-refractivity contribution is 9.10. The van der Waals surface area contributed by atoms with Crippen LogP contribution in [0.25, 0.3) is 0 Å². The van der Waals surface area contributed by atoms with Crippen molar-refractivity contribution >= 4 is 27.7 Å². The third-order valence-electron chi connectivity index (χ3n) is 2.56. The van der Waals surface area contributed by atoms with Gasteiger partial charge in [-0.1, -0.05) is 6.07 Å². The molecular weight excluding hydrogens is 315 g/mol. The molecule has 1 aromatic carbocycles. The highest BCUT2D eigenvalue weighted by atomic mass is 79.9. The van der Waals surface area contributed by atoms with Gasteiger partial charge in [0.2, 0.25) is 5.91 Å². The van der Waals surface area contributed by atoms with Crippen LogP contribution in [0.1, 0.15) is 24.2 Å². The molecule has 0 aliphatic carbocycles. The van der Waals surface area contributed by atoms with Crippen LogP contribution in [0, 0.1) is 5.82 Å². The maximum absolute atomic E-state index is 13.4. The number of nitrogens with one attached hydrogen (secondary N) is 1. The smallest absolute Gasteiger partial charge is 0.255 e. The summed E-state index contributed by atoms with van der Waals surface area (Å²) in [5.74, 6) is -1.11. The van der Waals surface area contributed by atoms with Gasteiger partial charge in [0.1, 0.15) is 5.82 Å². The number of rotatable bonds is 5. The van der Waals surface area contributed by atoms with Crippen molar-refractivity contribution < 1.29 is 14.0 Å². The Morgan fingerprint density at radius 2 is 2.05 bits per heavy atom. The molecule has 4 nitrogen and oxygen atoms in total. The van der Waals surface area contributed by atoms with Crippen molar-refractivity contribution in [1.82, 2.24) is 10.2 Å². The number of carbonyl (C=O) groups excluding carboxylic acids is 2. The van der Waals surface area contributed by atoms with E-state index in [2.05, 4.69) is 21.2 Å². The van der Waals surface area contributed by atoms with Crippen LogP contribution in [0.3, 0.4) is 0 Å². The topological polar surface area (TPSA) is 49.4 Å². The van der Waals surface area contributed by atoms with Gasteiger partial charge in [-0.3, -0.25) is 9.59 Å². The van der Waals surface area contributed by atoms with Crippen molar-refractivity contribution in [2.75, 3.05) is 19.6 Å². The molecule has 1 N–H and O–H groups in total. The summed E-state index contributed by atoms with van der Waals surface area (Å²) in [5.41, 5.74) is 0.214. The summed E-state index contributed by atoms with van der Waals surface area (Å²) in [4.78, 5) is 25.1. The zero-order chi connectivity index (χ0) is 14.4. The van der Waals surface area contributed by atoms with Crippen molar-refractivity contribution in [3.8, 4) is 0 Å². The largest absolute Gasteiger partial charge is 0.355 e. The molecule has 0 atom stereocenters. The standard InChI is InChI=1S/C13H16BrFN2O2/c1-3-16-11(18)8-17(4-2)13(19)9-6-5-7-10(15)12(9)14/h5-7H,3-4,8H2,1-2H3,(H,16,18). The van der Waals surface area contributed by atoms with E-state index < -0.39 is 5.82 Å². The Balaban J connectivity index is 2.89. The lowest BCUT2D eigenvalue weighted by molar-refractivity contribution is -0.121. The lowest BCUT2D eigenvalue weighted by Crippen LogP contribution is -2.40. The molecular formula is C13H16BrFN2O2. The Labute approximate surface area is 120 Å². The van der Waals surface area contributed by atoms with E-state index in [1.165, 1.54) is 23.1 Å². The number of hydrogen-bond donors (Lipinski definition) is 1. The van der Waals surface area contributed by atoms with Gasteiger partial charge in [0, 0.05) is 13.1 Å². The van der Waals surface area contributed by atoms with E-state index in [1.807, 2.05) is 0 Å². The second kappa shape index (κ2) is 7.23.